The minimum atomic E-state index is 0.0700. The smallest absolute Gasteiger partial charge is 0.233 e. The van der Waals surface area contributed by atoms with Gasteiger partial charge in [-0.25, -0.2) is 0 Å². The molecule has 1 rings (SSSR count). The maximum Gasteiger partial charge on any atom is 0.233 e. The molecule has 0 aliphatic heterocycles. The van der Waals surface area contributed by atoms with Crippen molar-refractivity contribution in [3.05, 3.63) is 0 Å². The summed E-state index contributed by atoms with van der Waals surface area (Å²) in [7, 11) is 0. The van der Waals surface area contributed by atoms with Crippen molar-refractivity contribution in [2.45, 2.75) is 57.2 Å². The third-order valence-corrected chi connectivity index (χ3v) is 4.76. The average Bonchev–Trinajstić information content (AvgIpc) is 2.76. The zero-order chi connectivity index (χ0) is 12.7. The summed E-state index contributed by atoms with van der Waals surface area (Å²) in [5.41, 5.74) is 5.72. The summed E-state index contributed by atoms with van der Waals surface area (Å²) in [6.45, 7) is 4.88. The number of carbonyl (C=O) groups is 1. The normalized spacial score (nSPS) is 25.8. The van der Waals surface area contributed by atoms with E-state index in [9.17, 15) is 4.79 Å². The van der Waals surface area contributed by atoms with Crippen LogP contribution in [0.1, 0.15) is 46.0 Å². The Balaban J connectivity index is 2.27. The van der Waals surface area contributed by atoms with E-state index in [-0.39, 0.29) is 11.2 Å². The molecule has 100 valence electrons. The van der Waals surface area contributed by atoms with Gasteiger partial charge in [0.05, 0.1) is 5.25 Å². The second-order valence-corrected chi connectivity index (χ2v) is 6.36. The number of nitrogens with two attached hydrogens (primary N) is 1. The number of rotatable bonds is 7. The Morgan fingerprint density at radius 2 is 2.29 bits per heavy atom. The van der Waals surface area contributed by atoms with Crippen LogP contribution >= 0.6 is 11.8 Å². The molecule has 1 aliphatic rings. The van der Waals surface area contributed by atoms with E-state index < -0.39 is 0 Å². The third-order valence-electron chi connectivity index (χ3n) is 3.52. The quantitative estimate of drug-likeness (QED) is 0.688. The van der Waals surface area contributed by atoms with Crippen molar-refractivity contribution in [2.75, 3.05) is 12.3 Å². The molecule has 4 heteroatoms. The predicted molar refractivity (Wildman–Crippen MR) is 75.2 cm³/mol. The first-order valence-corrected chi connectivity index (χ1v) is 7.86. The van der Waals surface area contributed by atoms with Crippen LogP contribution in [0.4, 0.5) is 0 Å². The molecular weight excluding hydrogens is 232 g/mol. The van der Waals surface area contributed by atoms with Crippen molar-refractivity contribution in [3.8, 4) is 0 Å². The van der Waals surface area contributed by atoms with Gasteiger partial charge in [0, 0.05) is 6.04 Å². The molecule has 1 amide bonds. The van der Waals surface area contributed by atoms with Crippen LogP contribution in [-0.2, 0) is 4.79 Å². The molecule has 0 aromatic rings. The first-order chi connectivity index (χ1) is 8.19. The molecule has 0 radical (unpaired) electrons. The minimum absolute atomic E-state index is 0.0700. The Morgan fingerprint density at radius 3 is 2.94 bits per heavy atom. The summed E-state index contributed by atoms with van der Waals surface area (Å²) in [4.78, 5) is 12.0. The van der Waals surface area contributed by atoms with Crippen molar-refractivity contribution in [1.29, 1.82) is 0 Å². The first kappa shape index (κ1) is 14.8. The largest absolute Gasteiger partial charge is 0.352 e. The third kappa shape index (κ3) is 4.88. The Labute approximate surface area is 109 Å². The van der Waals surface area contributed by atoms with E-state index in [1.54, 1.807) is 11.8 Å². The second kappa shape index (κ2) is 7.98. The molecule has 3 nitrogen and oxygen atoms in total. The summed E-state index contributed by atoms with van der Waals surface area (Å²) in [5.74, 6) is 1.76. The molecule has 0 aromatic carbocycles. The Bertz CT molecular complexity index is 235. The summed E-state index contributed by atoms with van der Waals surface area (Å²) < 4.78 is 0. The van der Waals surface area contributed by atoms with Crippen LogP contribution in [0, 0.1) is 5.92 Å². The summed E-state index contributed by atoms with van der Waals surface area (Å²) in [6.07, 6.45) is 5.85. The van der Waals surface area contributed by atoms with Gasteiger partial charge < -0.3 is 11.1 Å². The van der Waals surface area contributed by atoms with Gasteiger partial charge in [-0.2, -0.15) is 0 Å². The summed E-state index contributed by atoms with van der Waals surface area (Å²) in [6, 6.07) is 0.321. The monoisotopic (exact) mass is 258 g/mol. The molecule has 1 aliphatic carbocycles. The van der Waals surface area contributed by atoms with Crippen LogP contribution < -0.4 is 11.1 Å². The Hall–Kier alpha value is -0.220. The number of unbranched alkanes of at least 4 members (excludes halogenated alkanes) is 1. The molecule has 3 N–H and O–H groups in total. The fraction of sp³-hybridized carbons (Fsp3) is 0.923. The van der Waals surface area contributed by atoms with Crippen molar-refractivity contribution in [3.63, 3.8) is 0 Å². The van der Waals surface area contributed by atoms with Gasteiger partial charge in [-0.05, 0) is 44.4 Å². The lowest BCUT2D eigenvalue weighted by Gasteiger charge is -2.21. The highest BCUT2D eigenvalue weighted by atomic mass is 32.2. The van der Waals surface area contributed by atoms with Crippen LogP contribution in [0.15, 0.2) is 0 Å². The topological polar surface area (TPSA) is 55.1 Å². The maximum absolute atomic E-state index is 12.0. The predicted octanol–water partition coefficient (Wildman–Crippen LogP) is 2.15. The van der Waals surface area contributed by atoms with E-state index >= 15 is 0 Å². The summed E-state index contributed by atoms with van der Waals surface area (Å²) in [5, 5.41) is 3.24. The van der Waals surface area contributed by atoms with E-state index in [0.717, 1.165) is 12.2 Å². The van der Waals surface area contributed by atoms with Crippen molar-refractivity contribution in [2.24, 2.45) is 11.7 Å². The molecule has 1 fully saturated rings. The fourth-order valence-electron chi connectivity index (χ4n) is 2.29. The first-order valence-electron chi connectivity index (χ1n) is 6.81. The molecule has 0 bridgehead atoms. The zero-order valence-corrected chi connectivity index (χ0v) is 11.9. The van der Waals surface area contributed by atoms with Crippen LogP contribution in [0.3, 0.4) is 0 Å². The van der Waals surface area contributed by atoms with E-state index in [1.165, 1.54) is 25.7 Å². The van der Waals surface area contributed by atoms with Gasteiger partial charge in [0.25, 0.3) is 0 Å². The van der Waals surface area contributed by atoms with Crippen molar-refractivity contribution in [1.82, 2.24) is 5.32 Å². The van der Waals surface area contributed by atoms with Gasteiger partial charge in [-0.1, -0.05) is 19.8 Å². The lowest BCUT2D eigenvalue weighted by molar-refractivity contribution is -0.121. The molecule has 0 aromatic heterocycles. The van der Waals surface area contributed by atoms with Crippen LogP contribution in [0.2, 0.25) is 0 Å². The highest BCUT2D eigenvalue weighted by Gasteiger charge is 2.28. The van der Waals surface area contributed by atoms with E-state index in [4.69, 9.17) is 5.73 Å². The highest BCUT2D eigenvalue weighted by molar-refractivity contribution is 8.00. The number of carbonyl (C=O) groups excluding carboxylic acids is 1. The van der Waals surface area contributed by atoms with Gasteiger partial charge >= 0.3 is 0 Å². The molecule has 0 saturated heterocycles. The number of amides is 1. The Morgan fingerprint density at radius 1 is 1.53 bits per heavy atom. The fourth-order valence-corrected chi connectivity index (χ4v) is 3.32. The number of nitrogens with one attached hydrogen (secondary N) is 1. The van der Waals surface area contributed by atoms with Gasteiger partial charge in [0.1, 0.15) is 0 Å². The minimum Gasteiger partial charge on any atom is -0.352 e. The maximum atomic E-state index is 12.0. The molecule has 3 atom stereocenters. The Kier molecular flexibility index (Phi) is 6.97. The van der Waals surface area contributed by atoms with Gasteiger partial charge in [-0.15, -0.1) is 11.8 Å². The number of thioether (sulfide) groups is 1. The zero-order valence-electron chi connectivity index (χ0n) is 11.1. The van der Waals surface area contributed by atoms with Crippen LogP contribution in [0.5, 0.6) is 0 Å². The standard InChI is InChI=1S/C13H26N2OS/c1-3-4-8-17-10(2)13(16)15-12-7-5-6-11(12)9-14/h10-12H,3-9,14H2,1-2H3,(H,15,16). The molecular formula is C13H26N2OS. The van der Waals surface area contributed by atoms with E-state index in [1.807, 2.05) is 6.92 Å². The average molecular weight is 258 g/mol. The second-order valence-electron chi connectivity index (χ2n) is 4.91. The number of hydrogen-bond acceptors (Lipinski definition) is 3. The molecule has 0 spiro atoms. The van der Waals surface area contributed by atoms with Gasteiger partial charge in [0.2, 0.25) is 5.91 Å². The van der Waals surface area contributed by atoms with Crippen molar-refractivity contribution >= 4 is 17.7 Å². The molecule has 17 heavy (non-hydrogen) atoms. The van der Waals surface area contributed by atoms with Gasteiger partial charge in [-0.3, -0.25) is 4.79 Å². The lowest BCUT2D eigenvalue weighted by atomic mass is 10.0. The van der Waals surface area contributed by atoms with E-state index in [0.29, 0.717) is 18.5 Å². The number of hydrogen-bond donors (Lipinski definition) is 2. The molecule has 3 unspecified atom stereocenters. The van der Waals surface area contributed by atoms with Crippen molar-refractivity contribution < 1.29 is 4.79 Å². The van der Waals surface area contributed by atoms with Crippen LogP contribution in [0.25, 0.3) is 0 Å². The van der Waals surface area contributed by atoms with Crippen LogP contribution in [-0.4, -0.2) is 29.5 Å². The molecule has 0 heterocycles. The lowest BCUT2D eigenvalue weighted by Crippen LogP contribution is -2.43. The molecule has 1 saturated carbocycles. The van der Waals surface area contributed by atoms with E-state index in [2.05, 4.69) is 12.2 Å². The SMILES string of the molecule is CCCCSC(C)C(=O)NC1CCCC1CN. The van der Waals surface area contributed by atoms with Gasteiger partial charge in [0.15, 0.2) is 0 Å². The highest BCUT2D eigenvalue weighted by Crippen LogP contribution is 2.25. The summed E-state index contributed by atoms with van der Waals surface area (Å²) >= 11 is 1.76.